The summed E-state index contributed by atoms with van der Waals surface area (Å²) in [4.78, 5) is 11.9. The number of nitrogen functional groups attached to an aromatic ring is 1. The molecule has 2 rings (SSSR count). The molecule has 1 saturated carbocycles. The average Bonchev–Trinajstić information content (AvgIpc) is 3.03. The van der Waals surface area contributed by atoms with Crippen molar-refractivity contribution in [2.45, 2.75) is 18.9 Å². The van der Waals surface area contributed by atoms with Crippen LogP contribution < -0.4 is 11.1 Å². The number of rotatable bonds is 3. The molecule has 1 aliphatic carbocycles. The van der Waals surface area contributed by atoms with Gasteiger partial charge in [0.15, 0.2) is 0 Å². The van der Waals surface area contributed by atoms with Gasteiger partial charge in [-0.2, -0.15) is 5.26 Å². The highest BCUT2D eigenvalue weighted by molar-refractivity contribution is 7.17. The van der Waals surface area contributed by atoms with Crippen molar-refractivity contribution < 1.29 is 9.53 Å². The molecular formula is C10H11N3O2S. The van der Waals surface area contributed by atoms with Crippen LogP contribution in [0.3, 0.4) is 0 Å². The van der Waals surface area contributed by atoms with E-state index in [0.717, 1.165) is 12.8 Å². The fourth-order valence-electron chi connectivity index (χ4n) is 1.35. The van der Waals surface area contributed by atoms with Crippen molar-refractivity contribution >= 4 is 28.0 Å². The van der Waals surface area contributed by atoms with E-state index in [9.17, 15) is 4.79 Å². The number of nitrogens with two attached hydrogens (primary N) is 1. The highest BCUT2D eigenvalue weighted by Crippen LogP contribution is 2.38. The van der Waals surface area contributed by atoms with E-state index in [1.807, 2.05) is 6.07 Å². The molecule has 0 aliphatic heterocycles. The van der Waals surface area contributed by atoms with Crippen molar-refractivity contribution in [3.63, 3.8) is 0 Å². The monoisotopic (exact) mass is 237 g/mol. The van der Waals surface area contributed by atoms with E-state index in [4.69, 9.17) is 11.0 Å². The molecule has 0 bridgehead atoms. The van der Waals surface area contributed by atoms with Crippen LogP contribution in [0.15, 0.2) is 0 Å². The smallest absolute Gasteiger partial charge is 0.343 e. The number of carbonyl (C=O) groups is 1. The Morgan fingerprint density at radius 1 is 1.69 bits per heavy atom. The van der Waals surface area contributed by atoms with E-state index in [1.165, 1.54) is 18.4 Å². The fraction of sp³-hybridized carbons (Fsp3) is 0.400. The Balaban J connectivity index is 2.40. The maximum atomic E-state index is 11.5. The van der Waals surface area contributed by atoms with Gasteiger partial charge in [-0.3, -0.25) is 0 Å². The van der Waals surface area contributed by atoms with E-state index >= 15 is 0 Å². The van der Waals surface area contributed by atoms with Crippen LogP contribution in [0.25, 0.3) is 0 Å². The number of nitriles is 1. The van der Waals surface area contributed by atoms with Crippen molar-refractivity contribution in [3.05, 3.63) is 10.4 Å². The minimum Gasteiger partial charge on any atom is -0.465 e. The van der Waals surface area contributed by atoms with Crippen molar-refractivity contribution in [1.29, 1.82) is 5.26 Å². The van der Waals surface area contributed by atoms with Crippen LogP contribution in [0, 0.1) is 11.3 Å². The molecule has 1 aliphatic rings. The van der Waals surface area contributed by atoms with Gasteiger partial charge in [0.1, 0.15) is 21.5 Å². The fourth-order valence-corrected chi connectivity index (χ4v) is 2.33. The van der Waals surface area contributed by atoms with E-state index in [0.29, 0.717) is 15.9 Å². The molecule has 3 N–H and O–H groups in total. The molecule has 5 nitrogen and oxygen atoms in total. The Bertz CT molecular complexity index is 471. The van der Waals surface area contributed by atoms with Gasteiger partial charge < -0.3 is 15.8 Å². The average molecular weight is 237 g/mol. The molecule has 16 heavy (non-hydrogen) atoms. The molecule has 0 radical (unpaired) electrons. The van der Waals surface area contributed by atoms with Crippen molar-refractivity contribution in [1.82, 2.24) is 0 Å². The zero-order valence-electron chi connectivity index (χ0n) is 8.74. The Morgan fingerprint density at radius 3 is 2.88 bits per heavy atom. The summed E-state index contributed by atoms with van der Waals surface area (Å²) in [7, 11) is 1.30. The third-order valence-corrected chi connectivity index (χ3v) is 3.39. The number of hydrogen-bond donors (Lipinski definition) is 2. The number of carbonyl (C=O) groups excluding carboxylic acids is 1. The van der Waals surface area contributed by atoms with Gasteiger partial charge in [0.05, 0.1) is 12.8 Å². The summed E-state index contributed by atoms with van der Waals surface area (Å²) in [6, 6.07) is 2.37. The molecule has 84 valence electrons. The third kappa shape index (κ3) is 1.82. The van der Waals surface area contributed by atoms with E-state index in [-0.39, 0.29) is 11.3 Å². The molecule has 0 amide bonds. The molecule has 0 atom stereocenters. The molecule has 0 saturated heterocycles. The number of nitrogens with one attached hydrogen (secondary N) is 1. The maximum Gasteiger partial charge on any atom is 0.343 e. The van der Waals surface area contributed by atoms with Crippen LogP contribution in [-0.2, 0) is 4.74 Å². The van der Waals surface area contributed by atoms with Gasteiger partial charge in [-0.15, -0.1) is 11.3 Å². The summed E-state index contributed by atoms with van der Waals surface area (Å²) in [6.07, 6.45) is 2.17. The van der Waals surface area contributed by atoms with Gasteiger partial charge in [0.25, 0.3) is 0 Å². The predicted molar refractivity (Wildman–Crippen MR) is 61.4 cm³/mol. The lowest BCUT2D eigenvalue weighted by Gasteiger charge is -2.04. The van der Waals surface area contributed by atoms with Crippen LogP contribution in [0.2, 0.25) is 0 Å². The summed E-state index contributed by atoms with van der Waals surface area (Å²) in [5, 5.41) is 12.7. The Kier molecular flexibility index (Phi) is 2.71. The Labute approximate surface area is 96.8 Å². The number of hydrogen-bond acceptors (Lipinski definition) is 6. The van der Waals surface area contributed by atoms with Gasteiger partial charge in [0.2, 0.25) is 0 Å². The third-order valence-electron chi connectivity index (χ3n) is 2.35. The number of methoxy groups -OCH3 is 1. The second-order valence-electron chi connectivity index (χ2n) is 3.57. The van der Waals surface area contributed by atoms with Crippen molar-refractivity contribution in [2.75, 3.05) is 18.2 Å². The van der Waals surface area contributed by atoms with Crippen LogP contribution >= 0.6 is 11.3 Å². The van der Waals surface area contributed by atoms with Gasteiger partial charge >= 0.3 is 5.97 Å². The zero-order valence-corrected chi connectivity index (χ0v) is 9.56. The summed E-state index contributed by atoms with van der Waals surface area (Å²) < 4.78 is 4.66. The minimum atomic E-state index is -0.501. The molecule has 0 unspecified atom stereocenters. The minimum absolute atomic E-state index is 0.211. The second-order valence-corrected chi connectivity index (χ2v) is 4.59. The zero-order chi connectivity index (χ0) is 11.7. The normalized spacial score (nSPS) is 14.2. The molecular weight excluding hydrogens is 226 g/mol. The van der Waals surface area contributed by atoms with E-state index in [1.54, 1.807) is 0 Å². The molecule has 1 aromatic rings. The quantitative estimate of drug-likeness (QED) is 0.779. The topological polar surface area (TPSA) is 88.1 Å². The highest BCUT2D eigenvalue weighted by atomic mass is 32.1. The van der Waals surface area contributed by atoms with Gasteiger partial charge in [-0.1, -0.05) is 0 Å². The highest BCUT2D eigenvalue weighted by Gasteiger charge is 2.28. The van der Waals surface area contributed by atoms with Crippen LogP contribution in [-0.4, -0.2) is 19.1 Å². The standard InChI is InChI=1S/C10H11N3O2S/c1-15-10(14)7-8(12)6(4-11)16-9(7)13-5-2-3-5/h5,13H,2-3,12H2,1H3. The number of anilines is 2. The lowest BCUT2D eigenvalue weighted by Crippen LogP contribution is -2.09. The van der Waals surface area contributed by atoms with Crippen LogP contribution in [0.1, 0.15) is 28.1 Å². The first-order valence-electron chi connectivity index (χ1n) is 4.84. The summed E-state index contributed by atoms with van der Waals surface area (Å²) in [6.45, 7) is 0. The van der Waals surface area contributed by atoms with Crippen molar-refractivity contribution in [3.8, 4) is 6.07 Å². The first kappa shape index (κ1) is 10.8. The largest absolute Gasteiger partial charge is 0.465 e. The Hall–Kier alpha value is -1.74. The molecule has 1 fully saturated rings. The first-order chi connectivity index (χ1) is 7.67. The number of nitrogens with zero attached hydrogens (tertiary/aromatic N) is 1. The van der Waals surface area contributed by atoms with Gasteiger partial charge in [-0.05, 0) is 12.8 Å². The summed E-state index contributed by atoms with van der Waals surface area (Å²) >= 11 is 1.20. The van der Waals surface area contributed by atoms with E-state index < -0.39 is 5.97 Å². The van der Waals surface area contributed by atoms with Crippen LogP contribution in [0.4, 0.5) is 10.7 Å². The molecule has 0 spiro atoms. The lowest BCUT2D eigenvalue weighted by atomic mass is 10.2. The molecule has 0 aromatic carbocycles. The summed E-state index contributed by atoms with van der Waals surface area (Å²) in [5.74, 6) is -0.501. The summed E-state index contributed by atoms with van der Waals surface area (Å²) in [5.41, 5.74) is 6.23. The first-order valence-corrected chi connectivity index (χ1v) is 5.66. The number of esters is 1. The SMILES string of the molecule is COC(=O)c1c(NC2CC2)sc(C#N)c1N. The van der Waals surface area contributed by atoms with Gasteiger partial charge in [0, 0.05) is 6.04 Å². The van der Waals surface area contributed by atoms with E-state index in [2.05, 4.69) is 10.1 Å². The van der Waals surface area contributed by atoms with Gasteiger partial charge in [-0.25, -0.2) is 4.79 Å². The maximum absolute atomic E-state index is 11.5. The number of ether oxygens (including phenoxy) is 1. The predicted octanol–water partition coefficient (Wildman–Crippen LogP) is 1.56. The molecule has 1 aromatic heterocycles. The van der Waals surface area contributed by atoms with Crippen LogP contribution in [0.5, 0.6) is 0 Å². The molecule has 6 heteroatoms. The van der Waals surface area contributed by atoms with Crippen molar-refractivity contribution in [2.24, 2.45) is 0 Å². The Morgan fingerprint density at radius 2 is 2.38 bits per heavy atom. The number of thiophene rings is 1. The second kappa shape index (κ2) is 4.02. The lowest BCUT2D eigenvalue weighted by molar-refractivity contribution is 0.0603. The molecule has 1 heterocycles.